The van der Waals surface area contributed by atoms with Gasteiger partial charge in [0.2, 0.25) is 6.23 Å². The van der Waals surface area contributed by atoms with Gasteiger partial charge in [-0.2, -0.15) is 0 Å². The molecule has 2 rings (SSSR count). The van der Waals surface area contributed by atoms with Gasteiger partial charge in [-0.3, -0.25) is 0 Å². The Morgan fingerprint density at radius 1 is 1.35 bits per heavy atom. The summed E-state index contributed by atoms with van der Waals surface area (Å²) in [6.07, 6.45) is -0.320. The molecule has 1 aliphatic heterocycles. The first-order chi connectivity index (χ1) is 8.10. The van der Waals surface area contributed by atoms with Crippen molar-refractivity contribution < 1.29 is 20.3 Å². The number of nitrogens with two attached hydrogens (primary N) is 1. The Hall–Kier alpha value is -0.360. The van der Waals surface area contributed by atoms with Crippen molar-refractivity contribution >= 4 is 23.2 Å². The van der Waals surface area contributed by atoms with Crippen molar-refractivity contribution in [1.82, 2.24) is 0 Å². The first-order valence-electron chi connectivity index (χ1n) is 5.24. The lowest BCUT2D eigenvalue weighted by Gasteiger charge is -2.19. The molecule has 0 bridgehead atoms. The summed E-state index contributed by atoms with van der Waals surface area (Å²) < 4.78 is 5.55. The molecule has 0 radical (unpaired) electrons. The van der Waals surface area contributed by atoms with Gasteiger partial charge in [-0.1, -0.05) is 23.2 Å². The van der Waals surface area contributed by atoms with Gasteiger partial charge in [0.15, 0.2) is 5.54 Å². The van der Waals surface area contributed by atoms with Crippen LogP contribution < -0.4 is 5.32 Å². The van der Waals surface area contributed by atoms with E-state index in [2.05, 4.69) is 0 Å². The Kier molecular flexibility index (Phi) is 3.92. The minimum Gasteiger partial charge on any atom is -0.390 e. The second-order valence-electron chi connectivity index (χ2n) is 4.24. The van der Waals surface area contributed by atoms with Crippen LogP contribution in [0.25, 0.3) is 0 Å². The number of rotatable bonds is 3. The number of hydrogen-bond donors (Lipinski definition) is 3. The molecule has 1 heterocycles. The zero-order valence-electron chi connectivity index (χ0n) is 9.07. The van der Waals surface area contributed by atoms with Crippen molar-refractivity contribution in [3.05, 3.63) is 33.8 Å². The molecule has 1 aromatic rings. The lowest BCUT2D eigenvalue weighted by molar-refractivity contribution is -0.758. The molecule has 1 aromatic carbocycles. The molecule has 0 spiro atoms. The number of halogens is 2. The quantitative estimate of drug-likeness (QED) is 0.746. The van der Waals surface area contributed by atoms with E-state index in [0.717, 1.165) is 5.56 Å². The molecular formula is C11H14Cl2NO3+. The molecule has 94 valence electrons. The Balaban J connectivity index is 2.20. The third-order valence-electron chi connectivity index (χ3n) is 2.95. The summed E-state index contributed by atoms with van der Waals surface area (Å²) in [5.41, 5.74) is 0.105. The van der Waals surface area contributed by atoms with E-state index in [1.165, 1.54) is 0 Å². The van der Waals surface area contributed by atoms with E-state index in [0.29, 0.717) is 10.0 Å². The fourth-order valence-corrected chi connectivity index (χ4v) is 2.35. The van der Waals surface area contributed by atoms with Crippen molar-refractivity contribution in [2.45, 2.75) is 11.8 Å². The maximum atomic E-state index is 9.27. The van der Waals surface area contributed by atoms with E-state index in [4.69, 9.17) is 27.9 Å². The van der Waals surface area contributed by atoms with Gasteiger partial charge in [0.1, 0.15) is 19.8 Å². The number of quaternary nitrogens is 1. The van der Waals surface area contributed by atoms with Gasteiger partial charge < -0.3 is 20.3 Å². The molecule has 0 aliphatic carbocycles. The van der Waals surface area contributed by atoms with Crippen LogP contribution in [0.3, 0.4) is 0 Å². The maximum absolute atomic E-state index is 9.27. The maximum Gasteiger partial charge on any atom is 0.219 e. The summed E-state index contributed by atoms with van der Waals surface area (Å²) in [4.78, 5) is 0. The predicted molar refractivity (Wildman–Crippen MR) is 64.0 cm³/mol. The number of ether oxygens (including phenoxy) is 1. The van der Waals surface area contributed by atoms with Gasteiger partial charge in [-0.25, -0.2) is 0 Å². The number of hydrogen-bond acceptors (Lipinski definition) is 3. The summed E-state index contributed by atoms with van der Waals surface area (Å²) in [5, 5.41) is 21.4. The van der Waals surface area contributed by atoms with Crippen molar-refractivity contribution in [2.24, 2.45) is 0 Å². The number of benzene rings is 1. The summed E-state index contributed by atoms with van der Waals surface area (Å²) in [7, 11) is 0. The van der Waals surface area contributed by atoms with Gasteiger partial charge in [0.05, 0.1) is 10.6 Å². The minimum atomic E-state index is -0.687. The minimum absolute atomic E-state index is 0.148. The van der Waals surface area contributed by atoms with Crippen LogP contribution in [0, 0.1) is 0 Å². The fraction of sp³-hybridized carbons (Fsp3) is 0.455. The SMILES string of the molecule is OCC1(CO)CO[C@H](c2ccc(Cl)cc2Cl)[NH2+]1. The third kappa shape index (κ3) is 2.57. The standard InChI is InChI=1S/C11H13Cl2NO3/c12-7-1-2-8(9(13)3-7)10-14-11(4-15,5-16)6-17-10/h1-3,10,14-16H,4-6H2/p+1/t10-/m1/s1. The molecule has 6 heteroatoms. The second kappa shape index (κ2) is 5.10. The molecule has 0 aromatic heterocycles. The molecule has 4 nitrogen and oxygen atoms in total. The van der Waals surface area contributed by atoms with E-state index in [-0.39, 0.29) is 26.0 Å². The number of aliphatic hydroxyl groups excluding tert-OH is 2. The van der Waals surface area contributed by atoms with E-state index < -0.39 is 5.54 Å². The van der Waals surface area contributed by atoms with Crippen LogP contribution in [-0.4, -0.2) is 35.6 Å². The van der Waals surface area contributed by atoms with Crippen LogP contribution in [0.15, 0.2) is 18.2 Å². The van der Waals surface area contributed by atoms with Crippen LogP contribution in [0.5, 0.6) is 0 Å². The van der Waals surface area contributed by atoms with Crippen molar-refractivity contribution in [2.75, 3.05) is 19.8 Å². The summed E-state index contributed by atoms with van der Waals surface area (Å²) >= 11 is 11.9. The van der Waals surface area contributed by atoms with E-state index >= 15 is 0 Å². The van der Waals surface area contributed by atoms with Crippen LogP contribution in [-0.2, 0) is 4.74 Å². The first kappa shape index (κ1) is 13.1. The average Bonchev–Trinajstić information content (AvgIpc) is 2.74. The second-order valence-corrected chi connectivity index (χ2v) is 5.09. The topological polar surface area (TPSA) is 66.3 Å². The van der Waals surface area contributed by atoms with E-state index in [9.17, 15) is 10.2 Å². The molecule has 1 fully saturated rings. The third-order valence-corrected chi connectivity index (χ3v) is 3.52. The van der Waals surface area contributed by atoms with Gasteiger partial charge >= 0.3 is 0 Å². The molecular weight excluding hydrogens is 265 g/mol. The van der Waals surface area contributed by atoms with Crippen LogP contribution in [0.2, 0.25) is 10.0 Å². The molecule has 1 atom stereocenters. The van der Waals surface area contributed by atoms with Gasteiger partial charge in [0.25, 0.3) is 0 Å². The van der Waals surface area contributed by atoms with Crippen molar-refractivity contribution in [3.8, 4) is 0 Å². The van der Waals surface area contributed by atoms with E-state index in [1.807, 2.05) is 0 Å². The first-order valence-corrected chi connectivity index (χ1v) is 6.00. The molecule has 4 N–H and O–H groups in total. The Morgan fingerprint density at radius 2 is 2.06 bits per heavy atom. The van der Waals surface area contributed by atoms with Gasteiger partial charge in [-0.05, 0) is 18.2 Å². The number of aliphatic hydroxyl groups is 2. The monoisotopic (exact) mass is 278 g/mol. The van der Waals surface area contributed by atoms with Crippen LogP contribution in [0.1, 0.15) is 11.8 Å². The Morgan fingerprint density at radius 3 is 2.59 bits per heavy atom. The van der Waals surface area contributed by atoms with Gasteiger partial charge in [0, 0.05) is 5.02 Å². The molecule has 0 saturated carbocycles. The molecule has 0 amide bonds. The highest BCUT2D eigenvalue weighted by Gasteiger charge is 2.44. The highest BCUT2D eigenvalue weighted by molar-refractivity contribution is 6.35. The predicted octanol–water partition coefficient (Wildman–Crippen LogP) is 0.309. The van der Waals surface area contributed by atoms with Crippen LogP contribution >= 0.6 is 23.2 Å². The zero-order valence-corrected chi connectivity index (χ0v) is 10.6. The largest absolute Gasteiger partial charge is 0.390 e. The van der Waals surface area contributed by atoms with Gasteiger partial charge in [-0.15, -0.1) is 0 Å². The normalized spacial score (nSPS) is 22.9. The lowest BCUT2D eigenvalue weighted by Crippen LogP contribution is -2.97. The Bertz CT molecular complexity index is 410. The molecule has 1 saturated heterocycles. The highest BCUT2D eigenvalue weighted by Crippen LogP contribution is 2.27. The van der Waals surface area contributed by atoms with Crippen molar-refractivity contribution in [3.63, 3.8) is 0 Å². The summed E-state index contributed by atoms with van der Waals surface area (Å²) in [5.74, 6) is 0. The fourth-order valence-electron chi connectivity index (χ4n) is 1.83. The molecule has 0 unspecified atom stereocenters. The average molecular weight is 279 g/mol. The lowest BCUT2D eigenvalue weighted by atomic mass is 10.0. The summed E-state index contributed by atoms with van der Waals surface area (Å²) in [6.45, 7) is -0.0138. The molecule has 1 aliphatic rings. The van der Waals surface area contributed by atoms with Crippen molar-refractivity contribution in [1.29, 1.82) is 0 Å². The molecule has 17 heavy (non-hydrogen) atoms. The highest BCUT2D eigenvalue weighted by atomic mass is 35.5. The van der Waals surface area contributed by atoms with E-state index in [1.54, 1.807) is 23.5 Å². The summed E-state index contributed by atoms with van der Waals surface area (Å²) in [6, 6.07) is 5.17. The Labute approximate surface area is 109 Å². The van der Waals surface area contributed by atoms with Crippen LogP contribution in [0.4, 0.5) is 0 Å². The zero-order chi connectivity index (χ0) is 12.5. The smallest absolute Gasteiger partial charge is 0.219 e.